The topological polar surface area (TPSA) is 75.9 Å². The zero-order chi connectivity index (χ0) is 39.3. The maximum Gasteiger partial charge on any atom is 0.508 e. The first kappa shape index (κ1) is 53.1. The number of ether oxygens (including phenoxy) is 3. The van der Waals surface area contributed by atoms with Crippen molar-refractivity contribution in [1.29, 1.82) is 0 Å². The fourth-order valence-electron chi connectivity index (χ4n) is 8.36. The number of carbonyl (C=O) groups excluding carboxylic acids is 2. The molecule has 0 saturated carbocycles. The summed E-state index contributed by atoms with van der Waals surface area (Å²) in [5.41, 5.74) is 3.62. The van der Waals surface area contributed by atoms with Crippen LogP contribution in [0.2, 0.25) is 0 Å². The molecule has 0 amide bonds. The number of allylic oxidation sites excluding steroid dienone is 2. The zero-order valence-electron chi connectivity index (χ0n) is 37.0. The van der Waals surface area contributed by atoms with E-state index in [1.165, 1.54) is 167 Å². The Morgan fingerprint density at radius 1 is 0.536 bits per heavy atom. The van der Waals surface area contributed by atoms with E-state index >= 15 is 0 Å². The Hall–Kier alpha value is -0.937. The molecule has 2 rings (SSSR count). The summed E-state index contributed by atoms with van der Waals surface area (Å²) in [6, 6.07) is 0. The molecule has 0 bridgehead atoms. The summed E-state index contributed by atoms with van der Waals surface area (Å²) in [5.74, 6) is 0.990. The summed E-state index contributed by atoms with van der Waals surface area (Å²) in [6.45, 7) is 7.51. The normalized spacial score (nSPS) is 14.1. The van der Waals surface area contributed by atoms with Crippen molar-refractivity contribution in [1.82, 2.24) is 0 Å². The molecule has 0 N–H and O–H groups in total. The number of unbranched alkanes of at least 4 members (excludes halogenated alkanes) is 25. The monoisotopic (exact) mass is 876 g/mol. The van der Waals surface area contributed by atoms with Crippen LogP contribution in [-0.4, -0.2) is 44.5 Å². The first-order chi connectivity index (χ1) is 27.1. The van der Waals surface area contributed by atoms with Gasteiger partial charge in [-0.3, -0.25) is 4.79 Å². The smallest absolute Gasteiger partial charge is 0.508 e. The Morgan fingerprint density at radius 2 is 0.964 bits per heavy atom. The van der Waals surface area contributed by atoms with E-state index < -0.39 is 6.16 Å². The summed E-state index contributed by atoms with van der Waals surface area (Å²) >= 11 is 0. The van der Waals surface area contributed by atoms with Crippen molar-refractivity contribution in [2.45, 2.75) is 258 Å². The molecule has 0 aliphatic heterocycles. The number of nitrogens with zero attached hydrogens (tertiary/aromatic N) is 1. The molecule has 1 unspecified atom stereocenters. The van der Waals surface area contributed by atoms with E-state index in [1.807, 2.05) is 11.1 Å². The first-order valence-electron chi connectivity index (χ1n) is 24.4. The van der Waals surface area contributed by atoms with Gasteiger partial charge in [-0.25, -0.2) is 4.79 Å². The van der Waals surface area contributed by atoms with Crippen molar-refractivity contribution in [2.75, 3.05) is 26.3 Å². The quantitative estimate of drug-likeness (QED) is 0.0264. The van der Waals surface area contributed by atoms with Crippen LogP contribution in [-0.2, 0) is 38.5 Å². The fraction of sp³-hybridized carbons (Fsp3) is 0.918. The van der Waals surface area contributed by atoms with Gasteiger partial charge in [0, 0.05) is 25.9 Å². The van der Waals surface area contributed by atoms with Crippen LogP contribution >= 0.6 is 0 Å². The van der Waals surface area contributed by atoms with Gasteiger partial charge in [-0.05, 0) is 76.5 Å². The summed E-state index contributed by atoms with van der Waals surface area (Å²) in [4.78, 5) is 24.3. The Kier molecular flexibility index (Phi) is 37.5. The van der Waals surface area contributed by atoms with Gasteiger partial charge in [-0.1, -0.05) is 186 Å². The van der Waals surface area contributed by atoms with E-state index in [1.54, 1.807) is 0 Å². The van der Waals surface area contributed by atoms with Crippen molar-refractivity contribution in [3.8, 4) is 0 Å². The molecule has 1 radical (unpaired) electrons. The summed E-state index contributed by atoms with van der Waals surface area (Å²) < 4.78 is 16.7. The number of carbonyl (C=O) groups is 2. The maximum absolute atomic E-state index is 12.5. The molecule has 6 nitrogen and oxygen atoms in total. The molecule has 0 aromatic rings. The molecule has 2 aliphatic carbocycles. The van der Waals surface area contributed by atoms with E-state index in [9.17, 15) is 9.59 Å². The Labute approximate surface area is 360 Å². The third-order valence-corrected chi connectivity index (χ3v) is 12.0. The molecule has 0 spiro atoms. The SMILES string of the molecule is CCCCCCCCC(=O)OCCCCCCCC[N-]CCCCCCCCOC(=O)OC(CCCCCC)CCCCCCCCCCC1CC2=C(C2)C1.[Rh]. The van der Waals surface area contributed by atoms with Crippen molar-refractivity contribution < 1.29 is 43.3 Å². The van der Waals surface area contributed by atoms with Gasteiger partial charge >= 0.3 is 12.1 Å². The van der Waals surface area contributed by atoms with Crippen LogP contribution in [0.15, 0.2) is 11.1 Å². The Bertz CT molecular complexity index is 927. The van der Waals surface area contributed by atoms with Crippen molar-refractivity contribution in [3.63, 3.8) is 0 Å². The third kappa shape index (κ3) is 33.0. The van der Waals surface area contributed by atoms with Crippen LogP contribution in [0.25, 0.3) is 5.32 Å². The van der Waals surface area contributed by atoms with E-state index in [2.05, 4.69) is 13.8 Å². The molecule has 2 aliphatic rings. The van der Waals surface area contributed by atoms with Gasteiger partial charge in [0.2, 0.25) is 0 Å². The molecular formula is C49H90NO5Rh-. The molecule has 56 heavy (non-hydrogen) atoms. The predicted octanol–water partition coefficient (Wildman–Crippen LogP) is 15.8. The van der Waals surface area contributed by atoms with Crippen LogP contribution in [0.5, 0.6) is 0 Å². The van der Waals surface area contributed by atoms with E-state index in [0.717, 1.165) is 83.2 Å². The van der Waals surface area contributed by atoms with Crippen LogP contribution in [0, 0.1) is 5.92 Å². The van der Waals surface area contributed by atoms with Crippen LogP contribution in [0.3, 0.4) is 0 Å². The van der Waals surface area contributed by atoms with Crippen molar-refractivity contribution >= 4 is 12.1 Å². The van der Waals surface area contributed by atoms with Crippen molar-refractivity contribution in [3.05, 3.63) is 16.5 Å². The average Bonchev–Trinajstić information content (AvgIpc) is 3.80. The molecule has 1 atom stereocenters. The molecule has 0 heterocycles. The largest absolute Gasteiger partial charge is 0.662 e. The number of hydrogen-bond acceptors (Lipinski definition) is 5. The van der Waals surface area contributed by atoms with Gasteiger partial charge in [0.05, 0.1) is 13.2 Å². The van der Waals surface area contributed by atoms with Gasteiger partial charge in [-0.2, -0.15) is 0 Å². The standard InChI is InChI=1S/C49H90NO5.Rh/c1-3-5-7-9-20-28-36-48(51)53-39-31-23-16-14-21-29-37-50-38-30-22-15-17-24-32-40-54-49(52)55-47(34-26-8-6-4-2)35-27-19-13-11-10-12-18-25-33-44-41-45-43-46(45)42-44;/h44,47H,3-43H2,1-2H3;/q-1;. The Morgan fingerprint density at radius 3 is 1.52 bits per heavy atom. The zero-order valence-corrected chi connectivity index (χ0v) is 38.6. The van der Waals surface area contributed by atoms with E-state index in [4.69, 9.17) is 19.5 Å². The van der Waals surface area contributed by atoms with Gasteiger partial charge in [0.1, 0.15) is 6.10 Å². The summed E-state index contributed by atoms with van der Waals surface area (Å²) in [6.07, 6.45) is 44.5. The minimum Gasteiger partial charge on any atom is -0.662 e. The van der Waals surface area contributed by atoms with Gasteiger partial charge in [-0.15, -0.1) is 13.1 Å². The molecule has 331 valence electrons. The van der Waals surface area contributed by atoms with E-state index in [-0.39, 0.29) is 31.6 Å². The van der Waals surface area contributed by atoms with Crippen LogP contribution < -0.4 is 0 Å². The molecule has 0 aromatic heterocycles. The Balaban J connectivity index is 0.0000157. The second kappa shape index (κ2) is 39.5. The number of esters is 1. The van der Waals surface area contributed by atoms with E-state index in [0.29, 0.717) is 19.6 Å². The van der Waals surface area contributed by atoms with Crippen LogP contribution in [0.4, 0.5) is 4.79 Å². The average molecular weight is 876 g/mol. The van der Waals surface area contributed by atoms with Crippen LogP contribution in [0.1, 0.15) is 251 Å². The second-order valence-corrected chi connectivity index (χ2v) is 17.4. The summed E-state index contributed by atoms with van der Waals surface area (Å²) in [5, 5.41) is 4.73. The second-order valence-electron chi connectivity index (χ2n) is 17.4. The van der Waals surface area contributed by atoms with Gasteiger partial charge < -0.3 is 19.5 Å². The van der Waals surface area contributed by atoms with Gasteiger partial charge in [0.25, 0.3) is 0 Å². The summed E-state index contributed by atoms with van der Waals surface area (Å²) in [7, 11) is 0. The molecule has 7 heteroatoms. The maximum atomic E-state index is 12.5. The minimum absolute atomic E-state index is 0. The minimum atomic E-state index is -0.453. The fourth-order valence-corrected chi connectivity index (χ4v) is 8.36. The number of hydrogen-bond donors (Lipinski definition) is 0. The molecule has 0 saturated heterocycles. The van der Waals surface area contributed by atoms with Crippen molar-refractivity contribution in [2.24, 2.45) is 5.92 Å². The first-order valence-corrected chi connectivity index (χ1v) is 24.4. The molecule has 0 fully saturated rings. The molecular weight excluding hydrogens is 785 g/mol. The third-order valence-electron chi connectivity index (χ3n) is 12.0. The number of rotatable bonds is 42. The molecule has 0 aromatic carbocycles. The van der Waals surface area contributed by atoms with Gasteiger partial charge in [0.15, 0.2) is 0 Å². The predicted molar refractivity (Wildman–Crippen MR) is 233 cm³/mol.